The van der Waals surface area contributed by atoms with Crippen LogP contribution in [0.25, 0.3) is 6.08 Å². The van der Waals surface area contributed by atoms with Crippen molar-refractivity contribution in [3.63, 3.8) is 0 Å². The van der Waals surface area contributed by atoms with E-state index in [1.807, 2.05) is 5.48 Å². The van der Waals surface area contributed by atoms with E-state index in [9.17, 15) is 14.4 Å². The van der Waals surface area contributed by atoms with Gasteiger partial charge in [0, 0.05) is 11.6 Å². The Hall–Kier alpha value is -3.88. The summed E-state index contributed by atoms with van der Waals surface area (Å²) in [6.07, 6.45) is 2.87. The van der Waals surface area contributed by atoms with Crippen molar-refractivity contribution >= 4 is 52.7 Å². The van der Waals surface area contributed by atoms with Gasteiger partial charge in [-0.3, -0.25) is 9.59 Å². The van der Waals surface area contributed by atoms with Gasteiger partial charge in [-0.15, -0.1) is 0 Å². The molecule has 32 heavy (non-hydrogen) atoms. The maximum absolute atomic E-state index is 12.3. The minimum atomic E-state index is -0.731. The number of hydroxylamine groups is 1. The number of pyridine rings is 1. The Kier molecular flexibility index (Phi) is 6.07. The Morgan fingerprint density at radius 1 is 1.03 bits per heavy atom. The first-order chi connectivity index (χ1) is 15.4. The fourth-order valence-electron chi connectivity index (χ4n) is 2.69. The van der Waals surface area contributed by atoms with Crippen molar-refractivity contribution in [2.45, 2.75) is 0 Å². The van der Waals surface area contributed by atoms with Gasteiger partial charge in [0.15, 0.2) is 0 Å². The molecule has 0 aliphatic carbocycles. The number of ether oxygens (including phenoxy) is 1. The van der Waals surface area contributed by atoms with Gasteiger partial charge in [0.2, 0.25) is 5.88 Å². The highest BCUT2D eigenvalue weighted by Gasteiger charge is 2.28. The van der Waals surface area contributed by atoms with Gasteiger partial charge in [0.05, 0.1) is 21.9 Å². The number of rotatable bonds is 5. The number of aromatic nitrogens is 1. The molecule has 8 nitrogen and oxygen atoms in total. The Balaban J connectivity index is 1.38. The van der Waals surface area contributed by atoms with Gasteiger partial charge < -0.3 is 14.9 Å². The molecular formula is C22H13Cl2N3O5. The van der Waals surface area contributed by atoms with Gasteiger partial charge in [-0.25, -0.2) is 9.78 Å². The zero-order valence-electron chi connectivity index (χ0n) is 16.1. The summed E-state index contributed by atoms with van der Waals surface area (Å²) < 4.78 is 5.67. The quantitative estimate of drug-likeness (QED) is 0.423. The van der Waals surface area contributed by atoms with E-state index in [1.165, 1.54) is 18.3 Å². The number of nitrogens with one attached hydrogen (secondary N) is 2. The van der Waals surface area contributed by atoms with E-state index in [-0.39, 0.29) is 16.5 Å². The molecule has 2 N–H and O–H groups in total. The third-order valence-electron chi connectivity index (χ3n) is 4.29. The predicted molar refractivity (Wildman–Crippen MR) is 117 cm³/mol. The fraction of sp³-hybridized carbons (Fsp3) is 0. The van der Waals surface area contributed by atoms with Gasteiger partial charge in [-0.2, -0.15) is 5.48 Å². The highest BCUT2D eigenvalue weighted by atomic mass is 35.5. The van der Waals surface area contributed by atoms with Gasteiger partial charge in [0.1, 0.15) is 11.3 Å². The van der Waals surface area contributed by atoms with E-state index in [0.717, 1.165) is 0 Å². The molecule has 1 aliphatic rings. The van der Waals surface area contributed by atoms with Gasteiger partial charge in [-0.1, -0.05) is 35.3 Å². The van der Waals surface area contributed by atoms with Crippen molar-refractivity contribution in [1.82, 2.24) is 10.5 Å². The van der Waals surface area contributed by atoms with Crippen molar-refractivity contribution < 1.29 is 24.0 Å². The molecule has 0 bridgehead atoms. The Labute approximate surface area is 191 Å². The van der Waals surface area contributed by atoms with Crippen molar-refractivity contribution in [3.05, 3.63) is 87.5 Å². The number of hydrogen-bond donors (Lipinski definition) is 2. The minimum absolute atomic E-state index is 0.0844. The molecule has 4 rings (SSSR count). The molecule has 1 saturated heterocycles. The molecule has 1 aliphatic heterocycles. The number of carbonyl (C=O) groups is 3. The average Bonchev–Trinajstić information content (AvgIpc) is 3.10. The number of carbonyl (C=O) groups excluding carboxylic acids is 3. The summed E-state index contributed by atoms with van der Waals surface area (Å²) in [5.41, 5.74) is 3.35. The third-order valence-corrected chi connectivity index (χ3v) is 5.03. The summed E-state index contributed by atoms with van der Waals surface area (Å²) in [7, 11) is 0. The zero-order chi connectivity index (χ0) is 22.7. The minimum Gasteiger partial charge on any atom is -0.439 e. The van der Waals surface area contributed by atoms with Crippen LogP contribution >= 0.6 is 23.2 Å². The van der Waals surface area contributed by atoms with E-state index in [1.54, 1.807) is 48.5 Å². The summed E-state index contributed by atoms with van der Waals surface area (Å²) in [5, 5.41) is 3.36. The first-order valence-corrected chi connectivity index (χ1v) is 9.88. The van der Waals surface area contributed by atoms with Crippen LogP contribution in [0.15, 0.2) is 66.4 Å². The maximum Gasteiger partial charge on any atom is 0.368 e. The normalized spacial score (nSPS) is 14.1. The number of halogens is 2. The highest BCUT2D eigenvalue weighted by Crippen LogP contribution is 2.24. The van der Waals surface area contributed by atoms with Gasteiger partial charge in [-0.05, 0) is 48.0 Å². The highest BCUT2D eigenvalue weighted by molar-refractivity contribution is 6.42. The molecule has 0 spiro atoms. The second kappa shape index (κ2) is 9.09. The molecule has 0 saturated carbocycles. The predicted octanol–water partition coefficient (Wildman–Crippen LogP) is 4.40. The second-order valence-electron chi connectivity index (χ2n) is 6.52. The Morgan fingerprint density at radius 2 is 1.81 bits per heavy atom. The van der Waals surface area contributed by atoms with Crippen LogP contribution in [-0.4, -0.2) is 22.8 Å². The number of benzene rings is 2. The van der Waals surface area contributed by atoms with E-state index >= 15 is 0 Å². The van der Waals surface area contributed by atoms with Gasteiger partial charge >= 0.3 is 5.97 Å². The van der Waals surface area contributed by atoms with E-state index in [4.69, 9.17) is 27.9 Å². The Morgan fingerprint density at radius 3 is 2.44 bits per heavy atom. The van der Waals surface area contributed by atoms with Crippen molar-refractivity contribution in [2.75, 3.05) is 5.32 Å². The molecule has 1 fully saturated rings. The van der Waals surface area contributed by atoms with Crippen molar-refractivity contribution in [2.24, 2.45) is 0 Å². The third kappa shape index (κ3) is 4.88. The molecule has 1 aromatic heterocycles. The standard InChI is InChI=1S/C22H13Cl2N3O5/c23-17-7-3-13(10-18(17)24)20(28)26-14-4-8-19(25-11-14)31-15-5-1-12(2-6-15)9-16-21(29)27-32-22(16)30/h1-11H,(H,26,28)(H,27,29). The fourth-order valence-corrected chi connectivity index (χ4v) is 2.99. The van der Waals surface area contributed by atoms with Crippen molar-refractivity contribution in [3.8, 4) is 11.6 Å². The molecule has 2 aromatic carbocycles. The topological polar surface area (TPSA) is 107 Å². The molecule has 0 radical (unpaired) electrons. The number of nitrogens with zero attached hydrogens (tertiary/aromatic N) is 1. The van der Waals surface area contributed by atoms with Crippen LogP contribution in [-0.2, 0) is 14.4 Å². The Bertz CT molecular complexity index is 1220. The number of amides is 2. The van der Waals surface area contributed by atoms with Gasteiger partial charge in [0.25, 0.3) is 11.8 Å². The molecule has 0 atom stereocenters. The lowest BCUT2D eigenvalue weighted by molar-refractivity contribution is -0.143. The summed E-state index contributed by atoms with van der Waals surface area (Å²) in [6.45, 7) is 0. The van der Waals surface area contributed by atoms with Crippen LogP contribution in [0, 0.1) is 0 Å². The zero-order valence-corrected chi connectivity index (χ0v) is 17.6. The lowest BCUT2D eigenvalue weighted by Crippen LogP contribution is -2.12. The lowest BCUT2D eigenvalue weighted by atomic mass is 10.1. The van der Waals surface area contributed by atoms with Crippen LogP contribution in [0.5, 0.6) is 11.6 Å². The molecule has 2 heterocycles. The van der Waals surface area contributed by atoms with E-state index < -0.39 is 11.9 Å². The monoisotopic (exact) mass is 469 g/mol. The van der Waals surface area contributed by atoms with Crippen LogP contribution in [0.3, 0.4) is 0 Å². The second-order valence-corrected chi connectivity index (χ2v) is 7.33. The van der Waals surface area contributed by atoms with Crippen LogP contribution < -0.4 is 15.5 Å². The molecule has 160 valence electrons. The lowest BCUT2D eigenvalue weighted by Gasteiger charge is -2.08. The largest absolute Gasteiger partial charge is 0.439 e. The SMILES string of the molecule is O=C1NOC(=O)C1=Cc1ccc(Oc2ccc(NC(=O)c3ccc(Cl)c(Cl)c3)cn2)cc1. The molecule has 2 amide bonds. The molecular weight excluding hydrogens is 457 g/mol. The van der Waals surface area contributed by atoms with Crippen LogP contribution in [0.4, 0.5) is 5.69 Å². The van der Waals surface area contributed by atoms with Crippen molar-refractivity contribution in [1.29, 1.82) is 0 Å². The molecule has 0 unspecified atom stereocenters. The maximum atomic E-state index is 12.3. The first kappa shape index (κ1) is 21.4. The number of anilines is 1. The summed E-state index contributed by atoms with van der Waals surface area (Å²) in [6, 6.07) is 14.5. The van der Waals surface area contributed by atoms with Crippen LogP contribution in [0.2, 0.25) is 10.0 Å². The smallest absolute Gasteiger partial charge is 0.368 e. The molecule has 10 heteroatoms. The number of hydrogen-bond acceptors (Lipinski definition) is 6. The van der Waals surface area contributed by atoms with E-state index in [2.05, 4.69) is 15.1 Å². The summed E-state index contributed by atoms with van der Waals surface area (Å²) >= 11 is 11.8. The summed E-state index contributed by atoms with van der Waals surface area (Å²) in [5.74, 6) is -0.881. The van der Waals surface area contributed by atoms with E-state index in [0.29, 0.717) is 33.5 Å². The average molecular weight is 470 g/mol. The van der Waals surface area contributed by atoms with Crippen LogP contribution in [0.1, 0.15) is 15.9 Å². The molecule has 3 aromatic rings. The first-order valence-electron chi connectivity index (χ1n) is 9.12. The summed E-state index contributed by atoms with van der Waals surface area (Å²) in [4.78, 5) is 43.9.